The number of benzene rings is 2. The van der Waals surface area contributed by atoms with Crippen LogP contribution < -0.4 is 10.6 Å². The van der Waals surface area contributed by atoms with Crippen LogP contribution >= 0.6 is 12.2 Å². The molecule has 5 heteroatoms. The lowest BCUT2D eigenvalue weighted by Gasteiger charge is -2.33. The predicted molar refractivity (Wildman–Crippen MR) is 106 cm³/mol. The molecule has 2 aromatic rings. The molecule has 1 aliphatic rings. The third kappa shape index (κ3) is 3.24. The molecule has 25 heavy (non-hydrogen) atoms. The highest BCUT2D eigenvalue weighted by Crippen LogP contribution is 2.32. The Labute approximate surface area is 153 Å². The van der Waals surface area contributed by atoms with Crippen molar-refractivity contribution in [1.29, 1.82) is 0 Å². The highest BCUT2D eigenvalue weighted by molar-refractivity contribution is 7.80. The number of hydrogen-bond acceptors (Lipinski definition) is 2. The van der Waals surface area contributed by atoms with Gasteiger partial charge in [0.2, 0.25) is 0 Å². The summed E-state index contributed by atoms with van der Waals surface area (Å²) in [5, 5.41) is 9.25. The summed E-state index contributed by atoms with van der Waals surface area (Å²) in [6.07, 6.45) is 0. The second-order valence-electron chi connectivity index (χ2n) is 6.12. The van der Waals surface area contributed by atoms with Crippen LogP contribution in [-0.2, 0) is 4.79 Å². The van der Waals surface area contributed by atoms with Gasteiger partial charge in [-0.05, 0) is 49.3 Å². The van der Waals surface area contributed by atoms with Gasteiger partial charge in [0.05, 0.1) is 11.6 Å². The van der Waals surface area contributed by atoms with Crippen molar-refractivity contribution in [2.24, 2.45) is 0 Å². The Bertz CT molecular complexity index is 850. The van der Waals surface area contributed by atoms with Crippen molar-refractivity contribution in [2.45, 2.75) is 26.8 Å². The number of nitrogens with zero attached hydrogens (tertiary/aromatic N) is 1. The molecule has 0 spiro atoms. The van der Waals surface area contributed by atoms with Crippen LogP contribution in [0.15, 0.2) is 53.7 Å². The maximum absolute atomic E-state index is 13.1. The van der Waals surface area contributed by atoms with Crippen LogP contribution in [0.25, 0.3) is 10.8 Å². The van der Waals surface area contributed by atoms with Gasteiger partial charge in [0.1, 0.15) is 0 Å². The number of amides is 1. The van der Waals surface area contributed by atoms with Gasteiger partial charge in [-0.3, -0.25) is 4.79 Å². The van der Waals surface area contributed by atoms with Crippen molar-refractivity contribution in [1.82, 2.24) is 15.5 Å². The number of allylic oxidation sites excluding steroid dienone is 1. The topological polar surface area (TPSA) is 44.4 Å². The molecule has 0 saturated carbocycles. The highest BCUT2D eigenvalue weighted by atomic mass is 32.1. The predicted octanol–water partition coefficient (Wildman–Crippen LogP) is 3.50. The summed E-state index contributed by atoms with van der Waals surface area (Å²) >= 11 is 5.36. The molecule has 130 valence electrons. The van der Waals surface area contributed by atoms with Crippen LogP contribution in [0, 0.1) is 0 Å². The molecular weight excluding hydrogens is 330 g/mol. The lowest BCUT2D eigenvalue weighted by Crippen LogP contribution is -2.47. The standard InChI is InChI=1S/C20H23N3OS/c1-4-23(5-2)19(24)17-13(3)21-20(25)22-18(17)16-12-8-10-14-9-6-7-11-15(14)16/h6-12,18H,4-5H2,1-3H3,(H2,21,22,25). The van der Waals surface area contributed by atoms with Crippen LogP contribution in [0.3, 0.4) is 0 Å². The molecule has 3 rings (SSSR count). The Morgan fingerprint density at radius 1 is 1.12 bits per heavy atom. The number of hydrogen-bond donors (Lipinski definition) is 2. The Hall–Kier alpha value is -2.40. The molecule has 0 saturated heterocycles. The third-order valence-corrected chi connectivity index (χ3v) is 4.90. The average Bonchev–Trinajstić information content (AvgIpc) is 2.61. The van der Waals surface area contributed by atoms with Gasteiger partial charge in [-0.25, -0.2) is 0 Å². The van der Waals surface area contributed by atoms with Crippen LogP contribution in [0.5, 0.6) is 0 Å². The summed E-state index contributed by atoms with van der Waals surface area (Å²) in [6, 6.07) is 14.1. The fourth-order valence-corrected chi connectivity index (χ4v) is 3.66. The monoisotopic (exact) mass is 353 g/mol. The number of likely N-dealkylation sites (N-methyl/N-ethyl adjacent to an activating group) is 1. The van der Waals surface area contributed by atoms with E-state index in [9.17, 15) is 4.79 Å². The molecule has 1 heterocycles. The van der Waals surface area contributed by atoms with Crippen LogP contribution in [0.2, 0.25) is 0 Å². The quantitative estimate of drug-likeness (QED) is 0.826. The maximum atomic E-state index is 13.1. The van der Waals surface area contributed by atoms with E-state index in [0.29, 0.717) is 18.2 Å². The van der Waals surface area contributed by atoms with Crippen LogP contribution in [0.1, 0.15) is 32.4 Å². The third-order valence-electron chi connectivity index (χ3n) is 4.68. The Balaban J connectivity index is 2.16. The Kier molecular flexibility index (Phi) is 5.04. The first-order chi connectivity index (χ1) is 12.1. The molecule has 1 aliphatic heterocycles. The van der Waals surface area contributed by atoms with Crippen LogP contribution in [-0.4, -0.2) is 29.0 Å². The van der Waals surface area contributed by atoms with E-state index >= 15 is 0 Å². The summed E-state index contributed by atoms with van der Waals surface area (Å²) in [5.74, 6) is 0.0444. The van der Waals surface area contributed by atoms with Crippen molar-refractivity contribution in [3.05, 3.63) is 59.3 Å². The van der Waals surface area contributed by atoms with E-state index in [1.165, 1.54) is 0 Å². The average molecular weight is 353 g/mol. The molecule has 4 nitrogen and oxygen atoms in total. The summed E-state index contributed by atoms with van der Waals surface area (Å²) < 4.78 is 0. The van der Waals surface area contributed by atoms with Crippen molar-refractivity contribution >= 4 is 34.0 Å². The number of carbonyl (C=O) groups is 1. The van der Waals surface area contributed by atoms with E-state index in [2.05, 4.69) is 34.9 Å². The van der Waals surface area contributed by atoms with E-state index < -0.39 is 0 Å². The number of rotatable bonds is 4. The smallest absolute Gasteiger partial charge is 0.253 e. The van der Waals surface area contributed by atoms with Gasteiger partial charge in [-0.15, -0.1) is 0 Å². The van der Waals surface area contributed by atoms with Gasteiger partial charge in [-0.1, -0.05) is 42.5 Å². The molecule has 1 atom stereocenters. The largest absolute Gasteiger partial charge is 0.351 e. The Morgan fingerprint density at radius 2 is 1.80 bits per heavy atom. The SMILES string of the molecule is CCN(CC)C(=O)C1=C(C)NC(=S)NC1c1cccc2ccccc12. The second-order valence-corrected chi connectivity index (χ2v) is 6.52. The lowest BCUT2D eigenvalue weighted by molar-refractivity contribution is -0.127. The zero-order valence-electron chi connectivity index (χ0n) is 14.8. The Morgan fingerprint density at radius 3 is 2.52 bits per heavy atom. The van der Waals surface area contributed by atoms with E-state index in [1.807, 2.05) is 43.9 Å². The summed E-state index contributed by atoms with van der Waals surface area (Å²) in [4.78, 5) is 15.0. The van der Waals surface area contributed by atoms with E-state index in [1.54, 1.807) is 0 Å². The zero-order chi connectivity index (χ0) is 18.0. The van der Waals surface area contributed by atoms with E-state index in [4.69, 9.17) is 12.2 Å². The van der Waals surface area contributed by atoms with E-state index in [0.717, 1.165) is 27.6 Å². The second kappa shape index (κ2) is 7.23. The minimum Gasteiger partial charge on any atom is -0.351 e. The first-order valence-corrected chi connectivity index (χ1v) is 9.02. The number of fused-ring (bicyclic) bond motifs is 1. The minimum absolute atomic E-state index is 0.0444. The maximum Gasteiger partial charge on any atom is 0.253 e. The molecule has 0 bridgehead atoms. The molecule has 2 aromatic carbocycles. The molecule has 0 fully saturated rings. The van der Waals surface area contributed by atoms with Gasteiger partial charge in [-0.2, -0.15) is 0 Å². The molecule has 0 aromatic heterocycles. The first kappa shape index (κ1) is 17.4. The minimum atomic E-state index is -0.257. The van der Waals surface area contributed by atoms with E-state index in [-0.39, 0.29) is 11.9 Å². The molecule has 2 N–H and O–H groups in total. The molecule has 0 radical (unpaired) electrons. The highest BCUT2D eigenvalue weighted by Gasteiger charge is 2.32. The summed E-state index contributed by atoms with van der Waals surface area (Å²) in [5.41, 5.74) is 2.61. The van der Waals surface area contributed by atoms with Gasteiger partial charge in [0, 0.05) is 18.8 Å². The molecule has 1 unspecified atom stereocenters. The van der Waals surface area contributed by atoms with Crippen molar-refractivity contribution in [3.63, 3.8) is 0 Å². The summed E-state index contributed by atoms with van der Waals surface area (Å²) in [7, 11) is 0. The zero-order valence-corrected chi connectivity index (χ0v) is 15.6. The summed E-state index contributed by atoms with van der Waals surface area (Å²) in [6.45, 7) is 7.27. The molecular formula is C20H23N3OS. The first-order valence-electron chi connectivity index (χ1n) is 8.62. The number of nitrogens with one attached hydrogen (secondary N) is 2. The van der Waals surface area contributed by atoms with Crippen LogP contribution in [0.4, 0.5) is 0 Å². The fraction of sp³-hybridized carbons (Fsp3) is 0.300. The number of carbonyl (C=O) groups excluding carboxylic acids is 1. The van der Waals surface area contributed by atoms with Gasteiger partial charge in [0.25, 0.3) is 5.91 Å². The molecule has 0 aliphatic carbocycles. The fourth-order valence-electron chi connectivity index (χ4n) is 3.39. The number of thiocarbonyl (C=S) groups is 1. The lowest BCUT2D eigenvalue weighted by atomic mass is 9.91. The van der Waals surface area contributed by atoms with Crippen molar-refractivity contribution in [2.75, 3.05) is 13.1 Å². The van der Waals surface area contributed by atoms with Crippen molar-refractivity contribution in [3.8, 4) is 0 Å². The van der Waals surface area contributed by atoms with Gasteiger partial charge in [0.15, 0.2) is 5.11 Å². The van der Waals surface area contributed by atoms with Gasteiger partial charge >= 0.3 is 0 Å². The molecule has 1 amide bonds. The van der Waals surface area contributed by atoms with Crippen molar-refractivity contribution < 1.29 is 4.79 Å². The normalized spacial score (nSPS) is 17.2. The van der Waals surface area contributed by atoms with Gasteiger partial charge < -0.3 is 15.5 Å².